The lowest BCUT2D eigenvalue weighted by atomic mass is 9.91. The number of aromatic nitrogens is 1. The van der Waals surface area contributed by atoms with Crippen molar-refractivity contribution < 1.29 is 31.1 Å². The molecule has 0 saturated heterocycles. The topological polar surface area (TPSA) is 73.3 Å². The second-order valence-electron chi connectivity index (χ2n) is 8.83. The average molecular weight is 548 g/mol. The molecule has 4 aromatic carbocycles. The molecule has 0 aliphatic carbocycles. The fraction of sp³-hybridized carbons (Fsp3) is 0.0667. The van der Waals surface area contributed by atoms with Gasteiger partial charge < -0.3 is 4.74 Å². The van der Waals surface area contributed by atoms with Crippen LogP contribution in [0.3, 0.4) is 0 Å². The van der Waals surface area contributed by atoms with E-state index in [1.54, 1.807) is 24.3 Å². The first-order chi connectivity index (χ1) is 18.5. The lowest BCUT2D eigenvalue weighted by molar-refractivity contribution is -0.136. The largest absolute Gasteiger partial charge is 0.423 e. The fourth-order valence-corrected chi connectivity index (χ4v) is 5.00. The summed E-state index contributed by atoms with van der Waals surface area (Å²) in [6.07, 6.45) is -2.15. The Bertz CT molecular complexity index is 1820. The Morgan fingerprint density at radius 3 is 2.23 bits per heavy atom. The molecule has 0 spiro atoms. The number of halogens is 3. The van der Waals surface area contributed by atoms with Crippen molar-refractivity contribution in [2.24, 2.45) is 0 Å². The van der Waals surface area contributed by atoms with Crippen LogP contribution in [0.5, 0.6) is 5.75 Å². The number of pyridine rings is 1. The molecule has 0 amide bonds. The first kappa shape index (κ1) is 26.1. The van der Waals surface area contributed by atoms with Crippen molar-refractivity contribution in [1.29, 1.82) is 0 Å². The Hall–Kier alpha value is -4.50. The lowest BCUT2D eigenvalue weighted by Gasteiger charge is -2.17. The number of para-hydroxylation sites is 1. The van der Waals surface area contributed by atoms with E-state index >= 15 is 0 Å². The third kappa shape index (κ3) is 5.39. The number of hydrogen-bond acceptors (Lipinski definition) is 5. The minimum absolute atomic E-state index is 0.0260. The predicted molar refractivity (Wildman–Crippen MR) is 142 cm³/mol. The van der Waals surface area contributed by atoms with Gasteiger partial charge in [-0.15, -0.1) is 0 Å². The highest BCUT2D eigenvalue weighted by molar-refractivity contribution is 7.90. The van der Waals surface area contributed by atoms with Crippen LogP contribution in [0, 0.1) is 0 Å². The summed E-state index contributed by atoms with van der Waals surface area (Å²) >= 11 is 0. The van der Waals surface area contributed by atoms with E-state index < -0.39 is 27.5 Å². The van der Waals surface area contributed by atoms with Gasteiger partial charge in [-0.25, -0.2) is 13.2 Å². The van der Waals surface area contributed by atoms with Crippen molar-refractivity contribution in [3.05, 3.63) is 114 Å². The molecule has 9 heteroatoms. The van der Waals surface area contributed by atoms with Crippen molar-refractivity contribution in [3.63, 3.8) is 0 Å². The zero-order chi connectivity index (χ0) is 27.8. The molecule has 5 aromatic rings. The molecule has 5 rings (SSSR count). The maximum Gasteiger partial charge on any atom is 0.418 e. The van der Waals surface area contributed by atoms with Crippen LogP contribution in [0.2, 0.25) is 0 Å². The highest BCUT2D eigenvalue weighted by atomic mass is 32.2. The van der Waals surface area contributed by atoms with E-state index in [2.05, 4.69) is 4.98 Å². The molecular weight excluding hydrogens is 527 g/mol. The number of benzene rings is 4. The first-order valence-electron chi connectivity index (χ1n) is 11.7. The normalized spacial score (nSPS) is 11.9. The van der Waals surface area contributed by atoms with Gasteiger partial charge in [0, 0.05) is 29.0 Å². The van der Waals surface area contributed by atoms with Crippen LogP contribution in [0.15, 0.2) is 108 Å². The van der Waals surface area contributed by atoms with Crippen molar-refractivity contribution in [2.45, 2.75) is 11.1 Å². The van der Waals surface area contributed by atoms with Gasteiger partial charge in [-0.3, -0.25) is 4.98 Å². The summed E-state index contributed by atoms with van der Waals surface area (Å²) < 4.78 is 70.7. The molecule has 0 N–H and O–H groups in total. The van der Waals surface area contributed by atoms with E-state index in [1.807, 2.05) is 30.3 Å². The summed E-state index contributed by atoms with van der Waals surface area (Å²) in [7, 11) is -3.53. The number of carbonyl (C=O) groups is 1. The molecule has 0 unspecified atom stereocenters. The lowest BCUT2D eigenvalue weighted by Crippen LogP contribution is -2.10. The molecule has 39 heavy (non-hydrogen) atoms. The summed E-state index contributed by atoms with van der Waals surface area (Å²) in [6.45, 7) is 0. The van der Waals surface area contributed by atoms with Crippen molar-refractivity contribution in [2.75, 3.05) is 6.26 Å². The summed E-state index contributed by atoms with van der Waals surface area (Å²) in [4.78, 5) is 17.0. The molecule has 0 aliphatic rings. The average Bonchev–Trinajstić information content (AvgIpc) is 2.91. The second-order valence-corrected chi connectivity index (χ2v) is 10.8. The molecule has 0 saturated carbocycles. The second kappa shape index (κ2) is 9.99. The van der Waals surface area contributed by atoms with Crippen LogP contribution in [0.25, 0.3) is 33.2 Å². The Kier molecular flexibility index (Phi) is 6.69. The van der Waals surface area contributed by atoms with Crippen LogP contribution < -0.4 is 4.74 Å². The standard InChI is InChI=1S/C30H20F3NO4S/c1-39(36,37)23-13-6-11-21(17-23)29(35)38-22-12-5-10-20(16-22)27-24-14-7-15-26(30(31,32)33)28(24)34-18-25(27)19-8-3-2-4-9-19/h2-18H,1H3. The highest BCUT2D eigenvalue weighted by Crippen LogP contribution is 2.42. The molecule has 0 radical (unpaired) electrons. The van der Waals surface area contributed by atoms with Gasteiger partial charge in [-0.1, -0.05) is 60.7 Å². The molecule has 0 fully saturated rings. The minimum Gasteiger partial charge on any atom is -0.423 e. The Morgan fingerprint density at radius 1 is 0.821 bits per heavy atom. The summed E-state index contributed by atoms with van der Waals surface area (Å²) in [5, 5.41) is 0.288. The van der Waals surface area contributed by atoms with Crippen molar-refractivity contribution in [1.82, 2.24) is 4.98 Å². The van der Waals surface area contributed by atoms with Gasteiger partial charge in [0.1, 0.15) is 5.75 Å². The molecule has 0 aliphatic heterocycles. The zero-order valence-corrected chi connectivity index (χ0v) is 21.3. The van der Waals surface area contributed by atoms with E-state index in [4.69, 9.17) is 4.74 Å². The van der Waals surface area contributed by atoms with Crippen LogP contribution in [-0.2, 0) is 16.0 Å². The van der Waals surface area contributed by atoms with Crippen LogP contribution >= 0.6 is 0 Å². The van der Waals surface area contributed by atoms with E-state index in [0.717, 1.165) is 17.9 Å². The minimum atomic E-state index is -4.60. The number of carbonyl (C=O) groups excluding carboxylic acids is 1. The van der Waals surface area contributed by atoms with E-state index in [-0.39, 0.29) is 27.1 Å². The maximum absolute atomic E-state index is 13.8. The summed E-state index contributed by atoms with van der Waals surface area (Å²) in [5.41, 5.74) is 1.35. The number of fused-ring (bicyclic) bond motifs is 1. The number of hydrogen-bond donors (Lipinski definition) is 0. The molecule has 5 nitrogen and oxygen atoms in total. The number of nitrogens with zero attached hydrogens (tertiary/aromatic N) is 1. The molecule has 0 atom stereocenters. The van der Waals surface area contributed by atoms with Gasteiger partial charge >= 0.3 is 12.1 Å². The summed E-state index contributed by atoms with van der Waals surface area (Å²) in [5.74, 6) is -0.641. The van der Waals surface area contributed by atoms with Crippen LogP contribution in [0.1, 0.15) is 15.9 Å². The zero-order valence-electron chi connectivity index (χ0n) is 20.4. The number of ether oxygens (including phenoxy) is 1. The third-order valence-corrected chi connectivity index (χ3v) is 7.23. The predicted octanol–water partition coefficient (Wildman–Crippen LogP) is 7.21. The number of rotatable bonds is 5. The SMILES string of the molecule is CS(=O)(=O)c1cccc(C(=O)Oc2cccc(-c3c(-c4ccccc4)cnc4c(C(F)(F)F)cccc34)c2)c1. The number of sulfone groups is 1. The number of alkyl halides is 3. The summed E-state index contributed by atoms with van der Waals surface area (Å²) in [6, 6.07) is 24.9. The quantitative estimate of drug-likeness (QED) is 0.172. The van der Waals surface area contributed by atoms with E-state index in [0.29, 0.717) is 16.7 Å². The van der Waals surface area contributed by atoms with Crippen LogP contribution in [0.4, 0.5) is 13.2 Å². The first-order valence-corrected chi connectivity index (χ1v) is 13.6. The van der Waals surface area contributed by atoms with Gasteiger partial charge in [0.25, 0.3) is 0 Å². The Labute approximate surface area is 222 Å². The number of esters is 1. The molecule has 196 valence electrons. The third-order valence-electron chi connectivity index (χ3n) is 6.12. The molecular formula is C30H20F3NO4S. The van der Waals surface area contributed by atoms with E-state index in [1.165, 1.54) is 42.6 Å². The molecule has 0 bridgehead atoms. The van der Waals surface area contributed by atoms with Gasteiger partial charge in [0.15, 0.2) is 9.84 Å². The van der Waals surface area contributed by atoms with Gasteiger partial charge in [0.05, 0.1) is 21.5 Å². The van der Waals surface area contributed by atoms with Gasteiger partial charge in [-0.05, 0) is 47.5 Å². The van der Waals surface area contributed by atoms with Gasteiger partial charge in [-0.2, -0.15) is 13.2 Å². The van der Waals surface area contributed by atoms with Crippen molar-refractivity contribution >= 4 is 26.7 Å². The Morgan fingerprint density at radius 2 is 1.51 bits per heavy atom. The van der Waals surface area contributed by atoms with Gasteiger partial charge in [0.2, 0.25) is 0 Å². The Balaban J connectivity index is 1.63. The molecule has 1 aromatic heterocycles. The smallest absolute Gasteiger partial charge is 0.418 e. The maximum atomic E-state index is 13.8. The van der Waals surface area contributed by atoms with E-state index in [9.17, 15) is 26.4 Å². The fourth-order valence-electron chi connectivity index (χ4n) is 4.33. The van der Waals surface area contributed by atoms with Crippen LogP contribution in [-0.4, -0.2) is 25.6 Å². The monoisotopic (exact) mass is 547 g/mol. The molecule has 1 heterocycles. The van der Waals surface area contributed by atoms with Crippen molar-refractivity contribution in [3.8, 4) is 28.0 Å². The highest BCUT2D eigenvalue weighted by Gasteiger charge is 2.33.